The van der Waals surface area contributed by atoms with Crippen LogP contribution in [0.4, 0.5) is 0 Å². The summed E-state index contributed by atoms with van der Waals surface area (Å²) in [6, 6.07) is 4.12. The summed E-state index contributed by atoms with van der Waals surface area (Å²) in [5.74, 6) is 0.0903. The Hall–Kier alpha value is -2.01. The van der Waals surface area contributed by atoms with E-state index in [1.807, 2.05) is 6.07 Å². The fourth-order valence-corrected chi connectivity index (χ4v) is 2.97. The molecule has 3 rings (SSSR count). The lowest BCUT2D eigenvalue weighted by Crippen LogP contribution is -2.01. The first-order valence-corrected chi connectivity index (χ1v) is 6.97. The SMILES string of the molecule is CCc1ccc(CC(=O)c2cnn3ccncc23)s1. The second-order valence-electron chi connectivity index (χ2n) is 4.29. The first-order chi connectivity index (χ1) is 9.28. The number of nitrogens with zero attached hydrogens (tertiary/aromatic N) is 3. The van der Waals surface area contributed by atoms with Crippen LogP contribution in [-0.4, -0.2) is 20.4 Å². The number of thiophene rings is 1. The molecule has 96 valence electrons. The molecule has 3 heterocycles. The summed E-state index contributed by atoms with van der Waals surface area (Å²) in [6.45, 7) is 2.12. The summed E-state index contributed by atoms with van der Waals surface area (Å²) in [4.78, 5) is 18.8. The molecule has 3 aromatic rings. The van der Waals surface area contributed by atoms with Crippen LogP contribution < -0.4 is 0 Å². The second kappa shape index (κ2) is 4.93. The van der Waals surface area contributed by atoms with Gasteiger partial charge in [-0.3, -0.25) is 9.78 Å². The van der Waals surface area contributed by atoms with E-state index in [4.69, 9.17) is 0 Å². The van der Waals surface area contributed by atoms with Crippen molar-refractivity contribution in [1.82, 2.24) is 14.6 Å². The molecule has 0 atom stereocenters. The van der Waals surface area contributed by atoms with Gasteiger partial charge in [0, 0.05) is 28.6 Å². The minimum absolute atomic E-state index is 0.0903. The average molecular weight is 271 g/mol. The van der Waals surface area contributed by atoms with Gasteiger partial charge in [0.05, 0.1) is 23.5 Å². The maximum atomic E-state index is 12.3. The van der Waals surface area contributed by atoms with Crippen LogP contribution in [0.2, 0.25) is 0 Å². The number of carbonyl (C=O) groups excluding carboxylic acids is 1. The highest BCUT2D eigenvalue weighted by molar-refractivity contribution is 7.12. The molecule has 0 aliphatic carbocycles. The van der Waals surface area contributed by atoms with Crippen molar-refractivity contribution in [3.8, 4) is 0 Å². The zero-order valence-corrected chi connectivity index (χ0v) is 11.4. The van der Waals surface area contributed by atoms with Gasteiger partial charge in [0.15, 0.2) is 5.78 Å². The fourth-order valence-electron chi connectivity index (χ4n) is 2.01. The Morgan fingerprint density at radius 2 is 2.16 bits per heavy atom. The zero-order valence-electron chi connectivity index (χ0n) is 10.5. The molecule has 19 heavy (non-hydrogen) atoms. The van der Waals surface area contributed by atoms with E-state index in [9.17, 15) is 4.79 Å². The number of Topliss-reactive ketones (excluding diaryl/α,β-unsaturated/α-hetero) is 1. The molecule has 0 saturated carbocycles. The Labute approximate surface area is 114 Å². The van der Waals surface area contributed by atoms with Gasteiger partial charge in [-0.15, -0.1) is 11.3 Å². The highest BCUT2D eigenvalue weighted by atomic mass is 32.1. The van der Waals surface area contributed by atoms with Gasteiger partial charge >= 0.3 is 0 Å². The third kappa shape index (κ3) is 2.29. The number of hydrogen-bond donors (Lipinski definition) is 0. The Morgan fingerprint density at radius 1 is 1.32 bits per heavy atom. The van der Waals surface area contributed by atoms with E-state index >= 15 is 0 Å². The number of rotatable bonds is 4. The first-order valence-electron chi connectivity index (χ1n) is 6.16. The fraction of sp³-hybridized carbons (Fsp3) is 0.214. The minimum atomic E-state index is 0.0903. The van der Waals surface area contributed by atoms with Crippen molar-refractivity contribution in [3.05, 3.63) is 52.2 Å². The van der Waals surface area contributed by atoms with Crippen molar-refractivity contribution < 1.29 is 4.79 Å². The smallest absolute Gasteiger partial charge is 0.171 e. The molecule has 0 unspecified atom stereocenters. The Kier molecular flexibility index (Phi) is 3.13. The molecule has 0 aromatic carbocycles. The van der Waals surface area contributed by atoms with Crippen LogP contribution in [0.3, 0.4) is 0 Å². The summed E-state index contributed by atoms with van der Waals surface area (Å²) >= 11 is 1.70. The van der Waals surface area contributed by atoms with Gasteiger partial charge in [-0.25, -0.2) is 4.52 Å². The van der Waals surface area contributed by atoms with Gasteiger partial charge in [0.2, 0.25) is 0 Å². The zero-order chi connectivity index (χ0) is 13.2. The predicted molar refractivity (Wildman–Crippen MR) is 74.7 cm³/mol. The van der Waals surface area contributed by atoms with Crippen LogP contribution >= 0.6 is 11.3 Å². The highest BCUT2D eigenvalue weighted by Gasteiger charge is 2.14. The van der Waals surface area contributed by atoms with E-state index in [1.165, 1.54) is 4.88 Å². The van der Waals surface area contributed by atoms with E-state index in [0.717, 1.165) is 16.8 Å². The van der Waals surface area contributed by atoms with Gasteiger partial charge in [-0.1, -0.05) is 6.92 Å². The van der Waals surface area contributed by atoms with Crippen LogP contribution in [-0.2, 0) is 12.8 Å². The van der Waals surface area contributed by atoms with E-state index in [1.54, 1.807) is 40.6 Å². The summed E-state index contributed by atoms with van der Waals surface area (Å²) in [6.07, 6.45) is 8.13. The lowest BCUT2D eigenvalue weighted by molar-refractivity contribution is 0.0995. The molecule has 0 spiro atoms. The molecule has 4 nitrogen and oxygen atoms in total. The molecule has 0 amide bonds. The van der Waals surface area contributed by atoms with Gasteiger partial charge in [0.1, 0.15) is 0 Å². The van der Waals surface area contributed by atoms with E-state index in [-0.39, 0.29) is 5.78 Å². The van der Waals surface area contributed by atoms with Crippen molar-refractivity contribution in [2.45, 2.75) is 19.8 Å². The molecule has 5 heteroatoms. The van der Waals surface area contributed by atoms with E-state index < -0.39 is 0 Å². The normalized spacial score (nSPS) is 11.0. The van der Waals surface area contributed by atoms with Crippen molar-refractivity contribution in [1.29, 1.82) is 0 Å². The molecule has 0 aliphatic heterocycles. The number of aromatic nitrogens is 3. The van der Waals surface area contributed by atoms with Crippen molar-refractivity contribution >= 4 is 22.6 Å². The maximum Gasteiger partial charge on any atom is 0.171 e. The van der Waals surface area contributed by atoms with Gasteiger partial charge in [-0.2, -0.15) is 5.10 Å². The van der Waals surface area contributed by atoms with Crippen LogP contribution in [0.5, 0.6) is 0 Å². The summed E-state index contributed by atoms with van der Waals surface area (Å²) in [7, 11) is 0. The minimum Gasteiger partial charge on any atom is -0.294 e. The molecule has 0 fully saturated rings. The van der Waals surface area contributed by atoms with Crippen LogP contribution in [0.1, 0.15) is 27.0 Å². The largest absolute Gasteiger partial charge is 0.294 e. The molecule has 0 radical (unpaired) electrons. The summed E-state index contributed by atoms with van der Waals surface area (Å²) in [5.41, 5.74) is 1.40. The van der Waals surface area contributed by atoms with E-state index in [2.05, 4.69) is 23.1 Å². The predicted octanol–water partition coefficient (Wildman–Crippen LogP) is 2.78. The standard InChI is InChI=1S/C14H13N3OS/c1-2-10-3-4-11(19-10)7-14(18)12-8-16-17-6-5-15-9-13(12)17/h3-6,8-9H,2,7H2,1H3. The number of ketones is 1. The third-order valence-electron chi connectivity index (χ3n) is 3.03. The molecule has 0 aliphatic rings. The van der Waals surface area contributed by atoms with E-state index in [0.29, 0.717) is 12.0 Å². The highest BCUT2D eigenvalue weighted by Crippen LogP contribution is 2.20. The molecule has 0 saturated heterocycles. The first kappa shape index (κ1) is 12.0. The van der Waals surface area contributed by atoms with Gasteiger partial charge < -0.3 is 0 Å². The molecular weight excluding hydrogens is 258 g/mol. The van der Waals surface area contributed by atoms with Crippen molar-refractivity contribution in [2.75, 3.05) is 0 Å². The summed E-state index contributed by atoms with van der Waals surface area (Å²) < 4.78 is 1.67. The lowest BCUT2D eigenvalue weighted by Gasteiger charge is -1.97. The Morgan fingerprint density at radius 3 is 2.95 bits per heavy atom. The molecule has 0 N–H and O–H groups in total. The number of hydrogen-bond acceptors (Lipinski definition) is 4. The Bertz CT molecular complexity index is 729. The van der Waals surface area contributed by atoms with Crippen molar-refractivity contribution in [3.63, 3.8) is 0 Å². The molecular formula is C14H13N3OS. The lowest BCUT2D eigenvalue weighted by atomic mass is 10.1. The van der Waals surface area contributed by atoms with Crippen LogP contribution in [0.15, 0.2) is 36.9 Å². The average Bonchev–Trinajstić information content (AvgIpc) is 3.04. The van der Waals surface area contributed by atoms with Crippen LogP contribution in [0, 0.1) is 0 Å². The number of aryl methyl sites for hydroxylation is 1. The second-order valence-corrected chi connectivity index (χ2v) is 5.54. The number of fused-ring (bicyclic) bond motifs is 1. The quantitative estimate of drug-likeness (QED) is 0.685. The maximum absolute atomic E-state index is 12.3. The number of carbonyl (C=O) groups is 1. The third-order valence-corrected chi connectivity index (χ3v) is 4.26. The van der Waals surface area contributed by atoms with Gasteiger partial charge in [0.25, 0.3) is 0 Å². The molecule has 3 aromatic heterocycles. The Balaban J connectivity index is 1.87. The van der Waals surface area contributed by atoms with Crippen LogP contribution in [0.25, 0.3) is 5.52 Å². The van der Waals surface area contributed by atoms with Gasteiger partial charge in [-0.05, 0) is 18.6 Å². The summed E-state index contributed by atoms with van der Waals surface area (Å²) in [5, 5.41) is 4.16. The van der Waals surface area contributed by atoms with Crippen molar-refractivity contribution in [2.24, 2.45) is 0 Å². The topological polar surface area (TPSA) is 47.3 Å². The monoisotopic (exact) mass is 271 g/mol. The molecule has 0 bridgehead atoms.